The maximum atomic E-state index is 14.4. The monoisotopic (exact) mass is 356 g/mol. The summed E-state index contributed by atoms with van der Waals surface area (Å²) in [6.45, 7) is 4.45. The van der Waals surface area contributed by atoms with Gasteiger partial charge in [0.2, 0.25) is 11.9 Å². The smallest absolute Gasteiger partial charge is 0.271 e. The molecule has 1 aromatic carbocycles. The first kappa shape index (κ1) is 16.4. The Balaban J connectivity index is 1.50. The quantitative estimate of drug-likeness (QED) is 0.698. The van der Waals surface area contributed by atoms with Crippen LogP contribution in [0.5, 0.6) is 0 Å². The summed E-state index contributed by atoms with van der Waals surface area (Å²) in [6.07, 6.45) is 3.30. The van der Waals surface area contributed by atoms with Crippen LogP contribution in [-0.4, -0.2) is 30.6 Å². The molecule has 0 bridgehead atoms. The molecule has 1 atom stereocenters. The summed E-state index contributed by atoms with van der Waals surface area (Å²) in [5.41, 5.74) is 2.01. The number of oxime groups is 1. The molecule has 26 heavy (non-hydrogen) atoms. The van der Waals surface area contributed by atoms with Gasteiger partial charge >= 0.3 is 0 Å². The van der Waals surface area contributed by atoms with Gasteiger partial charge in [0.25, 0.3) is 5.89 Å². The molecule has 4 rings (SSSR count). The van der Waals surface area contributed by atoms with Crippen LogP contribution in [0, 0.1) is 11.7 Å². The molecular formula is C17H17FN6O2. The Bertz CT molecular complexity index is 935. The van der Waals surface area contributed by atoms with Crippen LogP contribution in [0.2, 0.25) is 0 Å². The first-order chi connectivity index (χ1) is 12.6. The van der Waals surface area contributed by atoms with E-state index in [0.29, 0.717) is 41.7 Å². The van der Waals surface area contributed by atoms with Crippen molar-refractivity contribution in [2.75, 3.05) is 0 Å². The lowest BCUT2D eigenvalue weighted by atomic mass is 10.0. The topological polar surface area (TPSA) is 91.2 Å². The van der Waals surface area contributed by atoms with Gasteiger partial charge in [-0.2, -0.15) is 4.98 Å². The summed E-state index contributed by atoms with van der Waals surface area (Å²) < 4.78 is 21.4. The fourth-order valence-electron chi connectivity index (χ4n) is 2.67. The van der Waals surface area contributed by atoms with E-state index in [-0.39, 0.29) is 11.9 Å². The van der Waals surface area contributed by atoms with Crippen molar-refractivity contribution in [2.24, 2.45) is 11.1 Å². The number of benzene rings is 1. The molecule has 0 saturated heterocycles. The van der Waals surface area contributed by atoms with Gasteiger partial charge in [0, 0.05) is 17.5 Å². The second kappa shape index (κ2) is 6.66. The Kier molecular flexibility index (Phi) is 4.19. The van der Waals surface area contributed by atoms with E-state index in [2.05, 4.69) is 25.5 Å². The minimum absolute atomic E-state index is 0.301. The number of hydrogen-bond donors (Lipinski definition) is 0. The Morgan fingerprint density at radius 1 is 1.27 bits per heavy atom. The number of rotatable bonds is 5. The molecule has 134 valence electrons. The van der Waals surface area contributed by atoms with Crippen LogP contribution in [0.4, 0.5) is 4.39 Å². The van der Waals surface area contributed by atoms with Gasteiger partial charge in [0.15, 0.2) is 0 Å². The van der Waals surface area contributed by atoms with Crippen LogP contribution in [0.3, 0.4) is 0 Å². The third kappa shape index (κ3) is 3.19. The van der Waals surface area contributed by atoms with Crippen LogP contribution in [-0.2, 0) is 11.4 Å². The third-order valence-electron chi connectivity index (χ3n) is 4.21. The SMILES string of the molecule is CC(C)C1=NOC(c2nc(-c3ccc(Cn4cnnc4)c(F)c3)no2)C1. The molecule has 1 unspecified atom stereocenters. The van der Waals surface area contributed by atoms with Crippen molar-refractivity contribution in [1.29, 1.82) is 0 Å². The number of nitrogens with zero attached hydrogens (tertiary/aromatic N) is 6. The van der Waals surface area contributed by atoms with E-state index < -0.39 is 0 Å². The van der Waals surface area contributed by atoms with Crippen molar-refractivity contribution < 1.29 is 13.8 Å². The van der Waals surface area contributed by atoms with Gasteiger partial charge in [-0.05, 0) is 12.0 Å². The van der Waals surface area contributed by atoms with E-state index in [0.717, 1.165) is 5.71 Å². The second-order valence-corrected chi connectivity index (χ2v) is 6.43. The van der Waals surface area contributed by atoms with Crippen molar-refractivity contribution in [3.63, 3.8) is 0 Å². The Hall–Kier alpha value is -3.10. The summed E-state index contributed by atoms with van der Waals surface area (Å²) in [7, 11) is 0. The third-order valence-corrected chi connectivity index (χ3v) is 4.21. The molecular weight excluding hydrogens is 339 g/mol. The molecule has 0 aliphatic carbocycles. The van der Waals surface area contributed by atoms with E-state index in [1.807, 2.05) is 13.8 Å². The van der Waals surface area contributed by atoms with E-state index in [4.69, 9.17) is 9.36 Å². The van der Waals surface area contributed by atoms with Crippen LogP contribution in [0.25, 0.3) is 11.4 Å². The Morgan fingerprint density at radius 3 is 2.77 bits per heavy atom. The highest BCUT2D eigenvalue weighted by Gasteiger charge is 2.29. The molecule has 1 aliphatic rings. The molecule has 2 aromatic heterocycles. The van der Waals surface area contributed by atoms with E-state index >= 15 is 0 Å². The zero-order valence-electron chi connectivity index (χ0n) is 14.3. The van der Waals surface area contributed by atoms with Crippen molar-refractivity contribution in [2.45, 2.75) is 32.9 Å². The minimum atomic E-state index is -0.383. The number of hydrogen-bond acceptors (Lipinski definition) is 7. The molecule has 3 heterocycles. The highest BCUT2D eigenvalue weighted by Crippen LogP contribution is 2.30. The average Bonchev–Trinajstić information content (AvgIpc) is 3.38. The first-order valence-corrected chi connectivity index (χ1v) is 8.27. The van der Waals surface area contributed by atoms with Gasteiger partial charge in [0.05, 0.1) is 12.3 Å². The van der Waals surface area contributed by atoms with Crippen molar-refractivity contribution in [3.8, 4) is 11.4 Å². The highest BCUT2D eigenvalue weighted by atomic mass is 19.1. The predicted molar refractivity (Wildman–Crippen MR) is 89.5 cm³/mol. The van der Waals surface area contributed by atoms with Crippen molar-refractivity contribution >= 4 is 5.71 Å². The molecule has 0 spiro atoms. The Labute approximate surface area is 148 Å². The Morgan fingerprint density at radius 2 is 2.08 bits per heavy atom. The number of halogens is 1. The molecule has 0 saturated carbocycles. The average molecular weight is 356 g/mol. The zero-order chi connectivity index (χ0) is 18.1. The predicted octanol–water partition coefficient (Wildman–Crippen LogP) is 2.99. The maximum absolute atomic E-state index is 14.4. The zero-order valence-corrected chi connectivity index (χ0v) is 14.3. The summed E-state index contributed by atoms with van der Waals surface area (Å²) in [5.74, 6) is 0.601. The highest BCUT2D eigenvalue weighted by molar-refractivity contribution is 5.87. The normalized spacial score (nSPS) is 16.8. The van der Waals surface area contributed by atoms with Gasteiger partial charge in [-0.15, -0.1) is 10.2 Å². The molecule has 8 nitrogen and oxygen atoms in total. The van der Waals surface area contributed by atoms with Gasteiger partial charge in [0.1, 0.15) is 18.5 Å². The maximum Gasteiger partial charge on any atom is 0.271 e. The van der Waals surface area contributed by atoms with Gasteiger partial charge < -0.3 is 13.9 Å². The fraction of sp³-hybridized carbons (Fsp3) is 0.353. The molecule has 0 N–H and O–H groups in total. The van der Waals surface area contributed by atoms with E-state index in [1.165, 1.54) is 18.7 Å². The summed E-state index contributed by atoms with van der Waals surface area (Å²) in [6, 6.07) is 4.83. The van der Waals surface area contributed by atoms with Gasteiger partial charge in [-0.25, -0.2) is 4.39 Å². The van der Waals surface area contributed by atoms with Crippen molar-refractivity contribution in [3.05, 3.63) is 48.1 Å². The second-order valence-electron chi connectivity index (χ2n) is 6.43. The van der Waals surface area contributed by atoms with Gasteiger partial charge in [-0.1, -0.05) is 36.3 Å². The van der Waals surface area contributed by atoms with Crippen LogP contribution < -0.4 is 0 Å². The minimum Gasteiger partial charge on any atom is -0.382 e. The number of aromatic nitrogens is 5. The van der Waals surface area contributed by atoms with Crippen LogP contribution in [0.15, 0.2) is 40.5 Å². The van der Waals surface area contributed by atoms with Crippen LogP contribution >= 0.6 is 0 Å². The van der Waals surface area contributed by atoms with Crippen molar-refractivity contribution in [1.82, 2.24) is 24.9 Å². The standard InChI is InChI=1S/C17H17FN6O2/c1-10(2)14-6-15(25-22-14)17-21-16(23-26-17)11-3-4-12(13(18)5-11)7-24-8-19-20-9-24/h3-5,8-10,15H,6-7H2,1-2H3. The van der Waals surface area contributed by atoms with Gasteiger partial charge in [-0.3, -0.25) is 0 Å². The fourth-order valence-corrected chi connectivity index (χ4v) is 2.67. The molecule has 0 amide bonds. The molecule has 1 aliphatic heterocycles. The molecule has 3 aromatic rings. The lowest BCUT2D eigenvalue weighted by molar-refractivity contribution is 0.0599. The lowest BCUT2D eigenvalue weighted by Crippen LogP contribution is -2.06. The molecule has 0 radical (unpaired) electrons. The molecule has 9 heteroatoms. The summed E-state index contributed by atoms with van der Waals surface area (Å²) in [5, 5.41) is 15.4. The lowest BCUT2D eigenvalue weighted by Gasteiger charge is -2.04. The summed E-state index contributed by atoms with van der Waals surface area (Å²) >= 11 is 0. The first-order valence-electron chi connectivity index (χ1n) is 8.27. The molecule has 0 fully saturated rings. The van der Waals surface area contributed by atoms with E-state index in [1.54, 1.807) is 16.7 Å². The largest absolute Gasteiger partial charge is 0.382 e. The van der Waals surface area contributed by atoms with Crippen LogP contribution in [0.1, 0.15) is 37.8 Å². The van der Waals surface area contributed by atoms with E-state index in [9.17, 15) is 4.39 Å². The summed E-state index contributed by atoms with van der Waals surface area (Å²) in [4.78, 5) is 9.70.